The van der Waals surface area contributed by atoms with Crippen LogP contribution in [-0.4, -0.2) is 20.3 Å². The summed E-state index contributed by atoms with van der Waals surface area (Å²) in [5.41, 5.74) is 1.58. The van der Waals surface area contributed by atoms with Crippen molar-refractivity contribution in [1.29, 1.82) is 0 Å². The van der Waals surface area contributed by atoms with E-state index in [0.717, 1.165) is 5.56 Å². The first-order valence-electron chi connectivity index (χ1n) is 6.63. The fraction of sp³-hybridized carbons (Fsp3) is 0.188. The Labute approximate surface area is 134 Å². The Bertz CT molecular complexity index is 644. The van der Waals surface area contributed by atoms with E-state index in [1.54, 1.807) is 44.6 Å². The fourth-order valence-electron chi connectivity index (χ4n) is 1.87. The number of amides is 2. The lowest BCUT2D eigenvalue weighted by Gasteiger charge is -2.11. The van der Waals surface area contributed by atoms with E-state index in [4.69, 9.17) is 21.1 Å². The summed E-state index contributed by atoms with van der Waals surface area (Å²) in [6.45, 7) is 0.413. The topological polar surface area (TPSA) is 59.6 Å². The molecule has 0 aliphatic carbocycles. The number of benzene rings is 2. The third kappa shape index (κ3) is 4.30. The second-order valence-corrected chi connectivity index (χ2v) is 4.94. The van der Waals surface area contributed by atoms with Crippen LogP contribution >= 0.6 is 11.6 Å². The van der Waals surface area contributed by atoms with E-state index in [1.165, 1.54) is 0 Å². The summed E-state index contributed by atoms with van der Waals surface area (Å²) < 4.78 is 10.3. The average Bonchev–Trinajstić information content (AvgIpc) is 2.54. The Hall–Kier alpha value is -2.40. The van der Waals surface area contributed by atoms with Crippen LogP contribution in [0.2, 0.25) is 5.02 Å². The lowest BCUT2D eigenvalue weighted by atomic mass is 10.2. The Morgan fingerprint density at radius 1 is 1.05 bits per heavy atom. The second-order valence-electron chi connectivity index (χ2n) is 4.50. The summed E-state index contributed by atoms with van der Waals surface area (Å²) in [4.78, 5) is 11.9. The van der Waals surface area contributed by atoms with Gasteiger partial charge in [0.05, 0.1) is 14.2 Å². The summed E-state index contributed by atoms with van der Waals surface area (Å²) in [5.74, 6) is 1.16. The van der Waals surface area contributed by atoms with Gasteiger partial charge in [-0.1, -0.05) is 23.7 Å². The van der Waals surface area contributed by atoms with Crippen molar-refractivity contribution in [3.8, 4) is 11.5 Å². The van der Waals surface area contributed by atoms with Gasteiger partial charge in [0.2, 0.25) is 0 Å². The molecule has 0 atom stereocenters. The summed E-state index contributed by atoms with van der Waals surface area (Å²) in [5, 5.41) is 6.17. The van der Waals surface area contributed by atoms with Gasteiger partial charge in [0.15, 0.2) is 11.5 Å². The van der Waals surface area contributed by atoms with Crippen LogP contribution in [0.3, 0.4) is 0 Å². The van der Waals surface area contributed by atoms with E-state index in [2.05, 4.69) is 10.6 Å². The predicted molar refractivity (Wildman–Crippen MR) is 86.9 cm³/mol. The Morgan fingerprint density at radius 3 is 2.36 bits per heavy atom. The zero-order valence-corrected chi connectivity index (χ0v) is 13.1. The summed E-state index contributed by atoms with van der Waals surface area (Å²) in [6.07, 6.45) is 0. The molecule has 0 aromatic heterocycles. The smallest absolute Gasteiger partial charge is 0.319 e. The number of nitrogens with one attached hydrogen (secondary N) is 2. The zero-order chi connectivity index (χ0) is 15.9. The van der Waals surface area contributed by atoms with E-state index in [-0.39, 0.29) is 6.03 Å². The highest BCUT2D eigenvalue weighted by atomic mass is 35.5. The molecule has 2 rings (SSSR count). The van der Waals surface area contributed by atoms with Gasteiger partial charge in [-0.25, -0.2) is 4.79 Å². The number of anilines is 1. The van der Waals surface area contributed by atoms with Crippen molar-refractivity contribution in [2.24, 2.45) is 0 Å². The van der Waals surface area contributed by atoms with Crippen LogP contribution in [0.5, 0.6) is 11.5 Å². The first kappa shape index (κ1) is 16.0. The van der Waals surface area contributed by atoms with Crippen molar-refractivity contribution in [3.05, 3.63) is 53.1 Å². The number of rotatable bonds is 5. The molecular weight excluding hydrogens is 304 g/mol. The molecule has 0 unspecified atom stereocenters. The number of hydrogen-bond donors (Lipinski definition) is 2. The van der Waals surface area contributed by atoms with Crippen LogP contribution < -0.4 is 20.1 Å². The van der Waals surface area contributed by atoms with Crippen molar-refractivity contribution < 1.29 is 14.3 Å². The van der Waals surface area contributed by atoms with Crippen molar-refractivity contribution in [2.75, 3.05) is 19.5 Å². The van der Waals surface area contributed by atoms with Crippen molar-refractivity contribution >= 4 is 23.3 Å². The maximum absolute atomic E-state index is 11.9. The van der Waals surface area contributed by atoms with Crippen LogP contribution in [0, 0.1) is 0 Å². The van der Waals surface area contributed by atoms with Crippen molar-refractivity contribution in [1.82, 2.24) is 5.32 Å². The Balaban J connectivity index is 1.93. The number of methoxy groups -OCH3 is 2. The minimum Gasteiger partial charge on any atom is -0.493 e. The molecular formula is C16H17ClN2O3. The van der Waals surface area contributed by atoms with Gasteiger partial charge >= 0.3 is 6.03 Å². The number of carbonyl (C=O) groups excluding carboxylic acids is 1. The highest BCUT2D eigenvalue weighted by Crippen LogP contribution is 2.29. The van der Waals surface area contributed by atoms with Crippen LogP contribution in [0.1, 0.15) is 5.56 Å². The molecule has 116 valence electrons. The molecule has 0 saturated heterocycles. The van der Waals surface area contributed by atoms with E-state index in [1.807, 2.05) is 12.1 Å². The highest BCUT2D eigenvalue weighted by molar-refractivity contribution is 6.30. The maximum atomic E-state index is 11.9. The lowest BCUT2D eigenvalue weighted by Crippen LogP contribution is -2.28. The molecule has 2 amide bonds. The molecule has 2 N–H and O–H groups in total. The third-order valence-electron chi connectivity index (χ3n) is 3.01. The van der Waals surface area contributed by atoms with Crippen LogP contribution in [0.4, 0.5) is 10.5 Å². The number of halogens is 1. The molecule has 22 heavy (non-hydrogen) atoms. The van der Waals surface area contributed by atoms with E-state index >= 15 is 0 Å². The summed E-state index contributed by atoms with van der Waals surface area (Å²) in [7, 11) is 3.10. The summed E-state index contributed by atoms with van der Waals surface area (Å²) in [6, 6.07) is 12.1. The monoisotopic (exact) mass is 320 g/mol. The maximum Gasteiger partial charge on any atom is 0.319 e. The molecule has 0 aliphatic heterocycles. The van der Waals surface area contributed by atoms with Crippen molar-refractivity contribution in [3.63, 3.8) is 0 Å². The van der Waals surface area contributed by atoms with Gasteiger partial charge in [-0.05, 0) is 29.8 Å². The quantitative estimate of drug-likeness (QED) is 0.883. The largest absolute Gasteiger partial charge is 0.493 e. The molecule has 0 heterocycles. The number of ether oxygens (including phenoxy) is 2. The zero-order valence-electron chi connectivity index (χ0n) is 12.4. The van der Waals surface area contributed by atoms with E-state index in [9.17, 15) is 4.79 Å². The standard InChI is InChI=1S/C16H17ClN2O3/c1-21-14-8-7-13(9-15(14)22-2)19-16(20)18-10-11-3-5-12(17)6-4-11/h3-9H,10H2,1-2H3,(H2,18,19,20). The first-order chi connectivity index (χ1) is 10.6. The number of carbonyl (C=O) groups is 1. The van der Waals surface area contributed by atoms with Crippen LogP contribution in [0.25, 0.3) is 0 Å². The van der Waals surface area contributed by atoms with Gasteiger partial charge in [0.1, 0.15) is 0 Å². The molecule has 5 nitrogen and oxygen atoms in total. The second kappa shape index (κ2) is 7.56. The van der Waals surface area contributed by atoms with Gasteiger partial charge in [-0.15, -0.1) is 0 Å². The fourth-order valence-corrected chi connectivity index (χ4v) is 2.00. The van der Waals surface area contributed by atoms with Gasteiger partial charge < -0.3 is 20.1 Å². The molecule has 0 aliphatic rings. The van der Waals surface area contributed by atoms with Crippen LogP contribution in [-0.2, 0) is 6.54 Å². The SMILES string of the molecule is COc1ccc(NC(=O)NCc2ccc(Cl)cc2)cc1OC. The van der Waals surface area contributed by atoms with Gasteiger partial charge in [0, 0.05) is 23.3 Å². The molecule has 6 heteroatoms. The lowest BCUT2D eigenvalue weighted by molar-refractivity contribution is 0.251. The molecule has 0 fully saturated rings. The highest BCUT2D eigenvalue weighted by Gasteiger charge is 2.07. The van der Waals surface area contributed by atoms with E-state index in [0.29, 0.717) is 28.8 Å². The molecule has 2 aromatic carbocycles. The van der Waals surface area contributed by atoms with Gasteiger partial charge in [0.25, 0.3) is 0 Å². The minimum absolute atomic E-state index is 0.304. The average molecular weight is 321 g/mol. The predicted octanol–water partition coefficient (Wildman–Crippen LogP) is 3.68. The molecule has 0 spiro atoms. The first-order valence-corrected chi connectivity index (χ1v) is 7.01. The molecule has 0 radical (unpaired) electrons. The van der Waals surface area contributed by atoms with Crippen molar-refractivity contribution in [2.45, 2.75) is 6.54 Å². The Morgan fingerprint density at radius 2 is 1.73 bits per heavy atom. The van der Waals surface area contributed by atoms with Crippen LogP contribution in [0.15, 0.2) is 42.5 Å². The normalized spacial score (nSPS) is 9.95. The molecule has 0 bridgehead atoms. The molecule has 2 aromatic rings. The third-order valence-corrected chi connectivity index (χ3v) is 3.26. The molecule has 0 saturated carbocycles. The van der Waals surface area contributed by atoms with Gasteiger partial charge in [-0.2, -0.15) is 0 Å². The minimum atomic E-state index is -0.304. The van der Waals surface area contributed by atoms with Gasteiger partial charge in [-0.3, -0.25) is 0 Å². The number of hydrogen-bond acceptors (Lipinski definition) is 3. The van der Waals surface area contributed by atoms with E-state index < -0.39 is 0 Å². The number of urea groups is 1. The summed E-state index contributed by atoms with van der Waals surface area (Å²) >= 11 is 5.81. The Kier molecular flexibility index (Phi) is 5.49.